The van der Waals surface area contributed by atoms with Crippen molar-refractivity contribution in [3.8, 4) is 17.2 Å². The number of esters is 2. The van der Waals surface area contributed by atoms with Gasteiger partial charge >= 0.3 is 11.9 Å². The highest BCUT2D eigenvalue weighted by Gasteiger charge is 2.34. The molecule has 0 saturated heterocycles. The molecule has 1 aromatic rings. The molecule has 1 heterocycles. The molecule has 0 N–H and O–H groups in total. The zero-order valence-electron chi connectivity index (χ0n) is 15.3. The average molecular weight is 367 g/mol. The minimum absolute atomic E-state index is 0.00320. The van der Waals surface area contributed by atoms with Crippen molar-refractivity contribution in [3.63, 3.8) is 0 Å². The Morgan fingerprint density at radius 3 is 2.00 bits per heavy atom. The molecule has 0 unspecified atom stereocenters. The van der Waals surface area contributed by atoms with Crippen LogP contribution in [0.3, 0.4) is 0 Å². The van der Waals surface area contributed by atoms with E-state index in [-0.39, 0.29) is 24.6 Å². The van der Waals surface area contributed by atoms with E-state index < -0.39 is 11.9 Å². The summed E-state index contributed by atoms with van der Waals surface area (Å²) in [5, 5.41) is 0. The van der Waals surface area contributed by atoms with Crippen LogP contribution in [0.2, 0.25) is 0 Å². The van der Waals surface area contributed by atoms with Gasteiger partial charge in [0.05, 0.1) is 53.4 Å². The number of hydrogen-bond donors (Lipinski definition) is 0. The molecule has 0 amide bonds. The number of nitrogens with zero attached hydrogens (tertiary/aromatic N) is 1. The standard InChI is InChI=1S/C17H21NO8/c1-21-12-7-14(23-3)13(22-2)6-11(12)18-9-26-8-10(16(19)24-4)15(18)17(20)25-5/h6-7H,8-9H2,1-5H3. The van der Waals surface area contributed by atoms with Gasteiger partial charge in [0, 0.05) is 12.1 Å². The predicted molar refractivity (Wildman–Crippen MR) is 90.5 cm³/mol. The van der Waals surface area contributed by atoms with Gasteiger partial charge in [-0.25, -0.2) is 9.59 Å². The first-order chi connectivity index (χ1) is 12.5. The molecule has 142 valence electrons. The SMILES string of the molecule is COC(=O)C1=C(C(=O)OC)N(c2cc(OC)c(OC)cc2OC)COC1. The maximum absolute atomic E-state index is 12.4. The van der Waals surface area contributed by atoms with E-state index >= 15 is 0 Å². The lowest BCUT2D eigenvalue weighted by atomic mass is 10.1. The second-order valence-electron chi connectivity index (χ2n) is 5.09. The molecule has 0 fully saturated rings. The number of rotatable bonds is 6. The Kier molecular flexibility index (Phi) is 6.29. The first-order valence-electron chi connectivity index (χ1n) is 7.57. The maximum Gasteiger partial charge on any atom is 0.355 e. The van der Waals surface area contributed by atoms with Crippen LogP contribution >= 0.6 is 0 Å². The second kappa shape index (κ2) is 8.43. The number of carbonyl (C=O) groups excluding carboxylic acids is 2. The Labute approximate surface area is 151 Å². The van der Waals surface area contributed by atoms with Crippen LogP contribution in [0.1, 0.15) is 0 Å². The highest BCUT2D eigenvalue weighted by atomic mass is 16.5. The lowest BCUT2D eigenvalue weighted by Gasteiger charge is -2.32. The van der Waals surface area contributed by atoms with Crippen LogP contribution in [-0.4, -0.2) is 60.8 Å². The van der Waals surface area contributed by atoms with Crippen LogP contribution in [0, 0.1) is 0 Å². The largest absolute Gasteiger partial charge is 0.494 e. The molecule has 0 aromatic heterocycles. The van der Waals surface area contributed by atoms with Crippen molar-refractivity contribution in [2.45, 2.75) is 0 Å². The normalized spacial score (nSPS) is 14.0. The predicted octanol–water partition coefficient (Wildman–Crippen LogP) is 1.11. The smallest absolute Gasteiger partial charge is 0.355 e. The molecule has 26 heavy (non-hydrogen) atoms. The molecule has 0 spiro atoms. The minimum Gasteiger partial charge on any atom is -0.494 e. The molecule has 9 heteroatoms. The lowest BCUT2D eigenvalue weighted by molar-refractivity contribution is -0.140. The molecule has 1 aliphatic heterocycles. The number of benzene rings is 1. The summed E-state index contributed by atoms with van der Waals surface area (Å²) in [6.45, 7) is -0.0834. The topological polar surface area (TPSA) is 92.8 Å². The Hall–Kier alpha value is -2.94. The number of hydrogen-bond acceptors (Lipinski definition) is 9. The van der Waals surface area contributed by atoms with E-state index in [2.05, 4.69) is 0 Å². The Morgan fingerprint density at radius 2 is 1.46 bits per heavy atom. The molecule has 9 nitrogen and oxygen atoms in total. The van der Waals surface area contributed by atoms with Crippen LogP contribution < -0.4 is 19.1 Å². The van der Waals surface area contributed by atoms with Gasteiger partial charge in [-0.3, -0.25) is 0 Å². The van der Waals surface area contributed by atoms with Crippen molar-refractivity contribution in [2.24, 2.45) is 0 Å². The number of ether oxygens (including phenoxy) is 6. The summed E-state index contributed by atoms with van der Waals surface area (Å²) >= 11 is 0. The highest BCUT2D eigenvalue weighted by molar-refractivity contribution is 6.03. The van der Waals surface area contributed by atoms with E-state index in [4.69, 9.17) is 28.4 Å². The van der Waals surface area contributed by atoms with Crippen molar-refractivity contribution in [2.75, 3.05) is 53.8 Å². The number of carbonyl (C=O) groups is 2. The van der Waals surface area contributed by atoms with Crippen LogP contribution in [0.4, 0.5) is 5.69 Å². The Balaban J connectivity index is 2.68. The van der Waals surface area contributed by atoms with Gasteiger partial charge in [-0.15, -0.1) is 0 Å². The van der Waals surface area contributed by atoms with Crippen molar-refractivity contribution in [3.05, 3.63) is 23.4 Å². The summed E-state index contributed by atoms with van der Waals surface area (Å²) in [7, 11) is 6.90. The van der Waals surface area contributed by atoms with Crippen molar-refractivity contribution in [1.82, 2.24) is 0 Å². The van der Waals surface area contributed by atoms with Crippen molar-refractivity contribution >= 4 is 17.6 Å². The van der Waals surface area contributed by atoms with Gasteiger partial charge in [0.15, 0.2) is 11.5 Å². The molecule has 1 aliphatic rings. The third-order valence-electron chi connectivity index (χ3n) is 3.81. The first kappa shape index (κ1) is 19.4. The van der Waals surface area contributed by atoms with Crippen LogP contribution in [-0.2, 0) is 23.8 Å². The zero-order chi connectivity index (χ0) is 19.3. The quantitative estimate of drug-likeness (QED) is 0.685. The maximum atomic E-state index is 12.4. The van der Waals surface area contributed by atoms with E-state index in [1.807, 2.05) is 0 Å². The Morgan fingerprint density at radius 1 is 0.885 bits per heavy atom. The third-order valence-corrected chi connectivity index (χ3v) is 3.81. The third kappa shape index (κ3) is 3.52. The van der Waals surface area contributed by atoms with E-state index in [0.29, 0.717) is 22.9 Å². The summed E-state index contributed by atoms with van der Waals surface area (Å²) in [6.07, 6.45) is 0. The lowest BCUT2D eigenvalue weighted by Crippen LogP contribution is -2.39. The van der Waals surface area contributed by atoms with E-state index in [1.165, 1.54) is 40.4 Å². The molecule has 0 saturated carbocycles. The van der Waals surface area contributed by atoms with Gasteiger partial charge < -0.3 is 33.3 Å². The summed E-state index contributed by atoms with van der Waals surface area (Å²) in [5.74, 6) is -0.139. The summed E-state index contributed by atoms with van der Waals surface area (Å²) < 4.78 is 31.0. The fraction of sp³-hybridized carbons (Fsp3) is 0.412. The highest BCUT2D eigenvalue weighted by Crippen LogP contribution is 2.42. The van der Waals surface area contributed by atoms with Gasteiger partial charge in [-0.2, -0.15) is 0 Å². The first-order valence-corrected chi connectivity index (χ1v) is 7.57. The van der Waals surface area contributed by atoms with Crippen LogP contribution in [0.5, 0.6) is 17.2 Å². The van der Waals surface area contributed by atoms with Crippen molar-refractivity contribution in [1.29, 1.82) is 0 Å². The number of methoxy groups -OCH3 is 5. The number of anilines is 1. The van der Waals surface area contributed by atoms with Gasteiger partial charge in [-0.1, -0.05) is 0 Å². The van der Waals surface area contributed by atoms with Gasteiger partial charge in [-0.05, 0) is 0 Å². The zero-order valence-corrected chi connectivity index (χ0v) is 15.3. The molecule has 0 radical (unpaired) electrons. The van der Waals surface area contributed by atoms with E-state index in [9.17, 15) is 9.59 Å². The van der Waals surface area contributed by atoms with Gasteiger partial charge in [0.1, 0.15) is 18.2 Å². The Bertz CT molecular complexity index is 728. The molecule has 1 aromatic carbocycles. The summed E-state index contributed by atoms with van der Waals surface area (Å²) in [6, 6.07) is 3.22. The molecular formula is C17H21NO8. The molecule has 2 rings (SSSR count). The summed E-state index contributed by atoms with van der Waals surface area (Å²) in [5.41, 5.74) is 0.491. The van der Waals surface area contributed by atoms with Gasteiger partial charge in [0.25, 0.3) is 0 Å². The molecular weight excluding hydrogens is 346 g/mol. The minimum atomic E-state index is -0.703. The van der Waals surface area contributed by atoms with Crippen LogP contribution in [0.15, 0.2) is 23.4 Å². The molecule has 0 atom stereocenters. The van der Waals surface area contributed by atoms with E-state index in [0.717, 1.165) is 0 Å². The molecule has 0 bridgehead atoms. The van der Waals surface area contributed by atoms with Gasteiger partial charge in [0.2, 0.25) is 0 Å². The second-order valence-corrected chi connectivity index (χ2v) is 5.09. The average Bonchev–Trinajstić information content (AvgIpc) is 2.70. The fourth-order valence-corrected chi connectivity index (χ4v) is 2.56. The fourth-order valence-electron chi connectivity index (χ4n) is 2.56. The van der Waals surface area contributed by atoms with Crippen molar-refractivity contribution < 1.29 is 38.0 Å². The van der Waals surface area contributed by atoms with Crippen LogP contribution in [0.25, 0.3) is 0 Å². The van der Waals surface area contributed by atoms with E-state index in [1.54, 1.807) is 12.1 Å². The molecule has 0 aliphatic carbocycles. The monoisotopic (exact) mass is 367 g/mol. The summed E-state index contributed by atoms with van der Waals surface area (Å²) in [4.78, 5) is 25.9.